The van der Waals surface area contributed by atoms with Gasteiger partial charge >= 0.3 is 5.97 Å². The summed E-state index contributed by atoms with van der Waals surface area (Å²) in [4.78, 5) is 38.9. The first-order valence-electron chi connectivity index (χ1n) is 8.31. The molecule has 0 unspecified atom stereocenters. The summed E-state index contributed by atoms with van der Waals surface area (Å²) >= 11 is 0. The molecule has 0 radical (unpaired) electrons. The lowest BCUT2D eigenvalue weighted by Gasteiger charge is -2.12. The van der Waals surface area contributed by atoms with Gasteiger partial charge in [0, 0.05) is 19.3 Å². The van der Waals surface area contributed by atoms with Crippen molar-refractivity contribution < 1.29 is 32.2 Å². The van der Waals surface area contributed by atoms with Gasteiger partial charge in [-0.3, -0.25) is 14.1 Å². The summed E-state index contributed by atoms with van der Waals surface area (Å²) in [6.07, 6.45) is 6.92. The third-order valence-electron chi connectivity index (χ3n) is 3.73. The topological polar surface area (TPSA) is 118 Å². The third kappa shape index (κ3) is 8.97. The lowest BCUT2D eigenvalue weighted by Crippen LogP contribution is -2.31. The van der Waals surface area contributed by atoms with Gasteiger partial charge < -0.3 is 4.84 Å². The number of nitrogens with zero attached hydrogens (tertiary/aromatic N) is 1. The lowest BCUT2D eigenvalue weighted by atomic mass is 10.1. The molecular formula is C15H25NO7S. The van der Waals surface area contributed by atoms with Crippen LogP contribution in [0.15, 0.2) is 0 Å². The van der Waals surface area contributed by atoms with Crippen molar-refractivity contribution in [3.8, 4) is 0 Å². The molecule has 0 atom stereocenters. The second-order valence-corrected chi connectivity index (χ2v) is 7.48. The van der Waals surface area contributed by atoms with Crippen LogP contribution in [0, 0.1) is 0 Å². The van der Waals surface area contributed by atoms with Crippen LogP contribution < -0.4 is 0 Å². The van der Waals surface area contributed by atoms with E-state index < -0.39 is 27.9 Å². The van der Waals surface area contributed by atoms with Crippen LogP contribution in [0.4, 0.5) is 0 Å². The van der Waals surface area contributed by atoms with Crippen molar-refractivity contribution in [1.82, 2.24) is 5.06 Å². The van der Waals surface area contributed by atoms with E-state index in [4.69, 9.17) is 9.39 Å². The van der Waals surface area contributed by atoms with E-state index in [-0.39, 0.29) is 25.0 Å². The highest BCUT2D eigenvalue weighted by Gasteiger charge is 2.32. The van der Waals surface area contributed by atoms with Crippen molar-refractivity contribution in [1.29, 1.82) is 0 Å². The molecule has 1 rings (SSSR count). The van der Waals surface area contributed by atoms with Gasteiger partial charge in [-0.25, -0.2) is 4.79 Å². The van der Waals surface area contributed by atoms with Gasteiger partial charge in [0.2, 0.25) is 0 Å². The van der Waals surface area contributed by atoms with Crippen molar-refractivity contribution in [2.24, 2.45) is 0 Å². The predicted molar refractivity (Wildman–Crippen MR) is 85.1 cm³/mol. The number of carbonyl (C=O) groups excluding carboxylic acids is 3. The first kappa shape index (κ1) is 20.6. The summed E-state index contributed by atoms with van der Waals surface area (Å²) < 4.78 is 29.6. The number of imide groups is 1. The highest BCUT2D eigenvalue weighted by atomic mass is 32.2. The SMILES string of the molecule is O=C(CCCCCCCCCCS(=O)(=O)O)ON1C(=O)CCC1=O. The number of unbranched alkanes of at least 4 members (excludes halogenated alkanes) is 7. The number of rotatable bonds is 12. The van der Waals surface area contributed by atoms with Crippen molar-refractivity contribution in [3.05, 3.63) is 0 Å². The Kier molecular flexibility index (Phi) is 8.91. The van der Waals surface area contributed by atoms with Gasteiger partial charge in [-0.15, -0.1) is 5.06 Å². The predicted octanol–water partition coefficient (Wildman–Crippen LogP) is 1.99. The van der Waals surface area contributed by atoms with Crippen molar-refractivity contribution >= 4 is 27.9 Å². The van der Waals surface area contributed by atoms with E-state index in [0.29, 0.717) is 17.9 Å². The Morgan fingerprint density at radius 3 is 1.88 bits per heavy atom. The molecule has 0 aromatic carbocycles. The highest BCUT2D eigenvalue weighted by molar-refractivity contribution is 7.85. The Morgan fingerprint density at radius 1 is 0.917 bits per heavy atom. The smallest absolute Gasteiger partial charge is 0.330 e. The average molecular weight is 363 g/mol. The number of hydrogen-bond acceptors (Lipinski definition) is 6. The largest absolute Gasteiger partial charge is 0.333 e. The summed E-state index contributed by atoms with van der Waals surface area (Å²) in [7, 11) is -3.84. The lowest BCUT2D eigenvalue weighted by molar-refractivity contribution is -0.197. The molecule has 0 aliphatic carbocycles. The van der Waals surface area contributed by atoms with Crippen LogP contribution in [0.1, 0.15) is 70.6 Å². The summed E-state index contributed by atoms with van der Waals surface area (Å²) in [6.45, 7) is 0. The molecule has 1 aliphatic heterocycles. The minimum atomic E-state index is -3.84. The van der Waals surface area contributed by atoms with E-state index >= 15 is 0 Å². The van der Waals surface area contributed by atoms with Gasteiger partial charge in [0.1, 0.15) is 0 Å². The van der Waals surface area contributed by atoms with Crippen molar-refractivity contribution in [2.75, 3.05) is 5.75 Å². The molecule has 138 valence electrons. The molecule has 0 spiro atoms. The molecular weight excluding hydrogens is 338 g/mol. The molecule has 1 fully saturated rings. The van der Waals surface area contributed by atoms with Crippen LogP contribution in [-0.2, 0) is 29.3 Å². The minimum Gasteiger partial charge on any atom is -0.330 e. The van der Waals surface area contributed by atoms with E-state index in [1.54, 1.807) is 0 Å². The number of hydrogen-bond donors (Lipinski definition) is 1. The number of amides is 2. The van der Waals surface area contributed by atoms with Gasteiger partial charge in [0.25, 0.3) is 21.9 Å². The standard InChI is InChI=1S/C15H25NO7S/c17-13-10-11-14(18)16(13)23-15(19)9-7-5-3-1-2-4-6-8-12-24(20,21)22/h1-12H2,(H,20,21,22). The molecule has 2 amide bonds. The first-order valence-corrected chi connectivity index (χ1v) is 9.92. The zero-order valence-electron chi connectivity index (χ0n) is 13.7. The maximum atomic E-state index is 11.5. The Bertz CT molecular complexity index is 528. The molecule has 0 aromatic heterocycles. The molecule has 24 heavy (non-hydrogen) atoms. The molecule has 9 heteroatoms. The van der Waals surface area contributed by atoms with Gasteiger partial charge in [-0.2, -0.15) is 8.42 Å². The molecule has 1 aliphatic rings. The quantitative estimate of drug-likeness (QED) is 0.320. The third-order valence-corrected chi connectivity index (χ3v) is 4.54. The summed E-state index contributed by atoms with van der Waals surface area (Å²) in [5, 5.41) is 0.564. The summed E-state index contributed by atoms with van der Waals surface area (Å²) in [6, 6.07) is 0. The Morgan fingerprint density at radius 2 is 1.38 bits per heavy atom. The average Bonchev–Trinajstić information content (AvgIpc) is 2.80. The van der Waals surface area contributed by atoms with Gasteiger partial charge in [0.15, 0.2) is 0 Å². The number of hydroxylamine groups is 2. The number of carbonyl (C=O) groups is 3. The fraction of sp³-hybridized carbons (Fsp3) is 0.800. The zero-order valence-corrected chi connectivity index (χ0v) is 14.6. The van der Waals surface area contributed by atoms with Crippen LogP contribution in [-0.4, -0.2) is 41.6 Å². The molecule has 8 nitrogen and oxygen atoms in total. The monoisotopic (exact) mass is 363 g/mol. The summed E-state index contributed by atoms with van der Waals surface area (Å²) in [5.41, 5.74) is 0. The molecule has 1 saturated heterocycles. The van der Waals surface area contributed by atoms with Gasteiger partial charge in [-0.05, 0) is 12.8 Å². The van der Waals surface area contributed by atoms with E-state index in [0.717, 1.165) is 38.5 Å². The van der Waals surface area contributed by atoms with Crippen LogP contribution in [0.2, 0.25) is 0 Å². The van der Waals surface area contributed by atoms with Crippen LogP contribution in [0.3, 0.4) is 0 Å². The maximum absolute atomic E-state index is 11.5. The fourth-order valence-electron chi connectivity index (χ4n) is 2.42. The van der Waals surface area contributed by atoms with Crippen LogP contribution >= 0.6 is 0 Å². The zero-order chi connectivity index (χ0) is 18.0. The van der Waals surface area contributed by atoms with Crippen molar-refractivity contribution in [3.63, 3.8) is 0 Å². The highest BCUT2D eigenvalue weighted by Crippen LogP contribution is 2.14. The Labute approximate surface area is 142 Å². The van der Waals surface area contributed by atoms with Crippen molar-refractivity contribution in [2.45, 2.75) is 70.6 Å². The second-order valence-electron chi connectivity index (χ2n) is 5.91. The summed E-state index contributed by atoms with van der Waals surface area (Å²) in [5.74, 6) is -1.69. The fourth-order valence-corrected chi connectivity index (χ4v) is 2.99. The molecule has 0 saturated carbocycles. The maximum Gasteiger partial charge on any atom is 0.333 e. The van der Waals surface area contributed by atoms with E-state index in [9.17, 15) is 22.8 Å². The van der Waals surface area contributed by atoms with Crippen LogP contribution in [0.25, 0.3) is 0 Å². The Hall–Kier alpha value is -1.48. The van der Waals surface area contributed by atoms with Gasteiger partial charge in [-0.1, -0.05) is 38.5 Å². The normalized spacial score (nSPS) is 15.1. The second kappa shape index (κ2) is 10.4. The van der Waals surface area contributed by atoms with Crippen LogP contribution in [0.5, 0.6) is 0 Å². The Balaban J connectivity index is 1.94. The van der Waals surface area contributed by atoms with E-state index in [2.05, 4.69) is 0 Å². The van der Waals surface area contributed by atoms with E-state index in [1.165, 1.54) is 0 Å². The molecule has 1 N–H and O–H groups in total. The first-order chi connectivity index (χ1) is 11.3. The molecule has 1 heterocycles. The molecule has 0 aromatic rings. The molecule has 0 bridgehead atoms. The van der Waals surface area contributed by atoms with E-state index in [1.807, 2.05) is 0 Å². The van der Waals surface area contributed by atoms with Gasteiger partial charge in [0.05, 0.1) is 5.75 Å². The minimum absolute atomic E-state index is 0.0936.